The van der Waals surface area contributed by atoms with Crippen LogP contribution in [0.3, 0.4) is 0 Å². The molecular weight excluding hydrogens is 387 g/mol. The Morgan fingerprint density at radius 2 is 1.93 bits per heavy atom. The summed E-state index contributed by atoms with van der Waals surface area (Å²) in [6.45, 7) is 4.00. The molecule has 1 N–H and O–H groups in total. The number of H-pyrrole nitrogens is 1. The molecule has 77 valence electrons. The molecule has 1 aliphatic rings. The van der Waals surface area contributed by atoms with Gasteiger partial charge < -0.3 is 16.5 Å². The largest absolute Gasteiger partial charge is 1.00 e. The SMILES string of the molecule is CC.[La].[Rb+].[c-]1n[nH]c(C2CC[CH-]CC2)n1. The maximum absolute atomic E-state index is 4.03. The molecule has 0 bridgehead atoms. The van der Waals surface area contributed by atoms with E-state index >= 15 is 0 Å². The molecule has 1 radical (unpaired) electrons. The van der Waals surface area contributed by atoms with Crippen molar-refractivity contribution in [2.45, 2.75) is 45.4 Å². The molecule has 0 unspecified atom stereocenters. The Morgan fingerprint density at radius 3 is 2.40 bits per heavy atom. The van der Waals surface area contributed by atoms with E-state index in [1.165, 1.54) is 25.7 Å². The Balaban J connectivity index is 0. The van der Waals surface area contributed by atoms with E-state index in [-0.39, 0.29) is 93.8 Å². The smallest absolute Gasteiger partial charge is 0.418 e. The minimum atomic E-state index is 0. The van der Waals surface area contributed by atoms with Gasteiger partial charge in [-0.05, 0) is 12.2 Å². The van der Waals surface area contributed by atoms with E-state index in [1.54, 1.807) is 0 Å². The summed E-state index contributed by atoms with van der Waals surface area (Å²) in [5.74, 6) is 1.61. The maximum Gasteiger partial charge on any atom is 1.00 e. The summed E-state index contributed by atoms with van der Waals surface area (Å²) in [7, 11) is 0. The van der Waals surface area contributed by atoms with Gasteiger partial charge in [-0.15, -0.1) is 0 Å². The quantitative estimate of drug-likeness (QED) is 0.642. The van der Waals surface area contributed by atoms with Gasteiger partial charge >= 0.3 is 58.2 Å². The first-order chi connectivity index (χ1) is 6.47. The van der Waals surface area contributed by atoms with Crippen molar-refractivity contribution in [1.82, 2.24) is 15.2 Å². The van der Waals surface area contributed by atoms with Crippen LogP contribution in [0.5, 0.6) is 0 Å². The molecule has 1 fully saturated rings. The average molecular weight is 404 g/mol. The zero-order valence-corrected chi connectivity index (χ0v) is 18.5. The van der Waals surface area contributed by atoms with Gasteiger partial charge in [-0.1, -0.05) is 32.6 Å². The number of nitrogens with zero attached hydrogens (tertiary/aromatic N) is 2. The molecule has 0 atom stereocenters. The van der Waals surface area contributed by atoms with Gasteiger partial charge in [0.25, 0.3) is 0 Å². The van der Waals surface area contributed by atoms with Crippen LogP contribution >= 0.6 is 0 Å². The molecule has 0 saturated heterocycles. The fourth-order valence-corrected chi connectivity index (χ4v) is 1.57. The Morgan fingerprint density at radius 1 is 1.33 bits per heavy atom. The zero-order chi connectivity index (χ0) is 9.52. The molecule has 0 aliphatic heterocycles. The van der Waals surface area contributed by atoms with E-state index in [0.29, 0.717) is 5.92 Å². The number of hydrogen-bond acceptors (Lipinski definition) is 2. The molecule has 2 rings (SSSR count). The van der Waals surface area contributed by atoms with Gasteiger partial charge in [0.2, 0.25) is 0 Å². The molecule has 0 amide bonds. The van der Waals surface area contributed by atoms with E-state index in [9.17, 15) is 0 Å². The molecule has 1 aromatic rings. The van der Waals surface area contributed by atoms with Crippen LogP contribution in [0.4, 0.5) is 0 Å². The van der Waals surface area contributed by atoms with Gasteiger partial charge in [-0.3, -0.25) is 5.10 Å². The molecule has 0 spiro atoms. The van der Waals surface area contributed by atoms with E-state index in [1.807, 2.05) is 13.8 Å². The number of nitrogens with one attached hydrogen (secondary N) is 1. The second kappa shape index (κ2) is 12.6. The van der Waals surface area contributed by atoms with Gasteiger partial charge in [0, 0.05) is 35.6 Å². The summed E-state index contributed by atoms with van der Waals surface area (Å²) in [4.78, 5) is 4.03. The molecule has 1 heterocycles. The third-order valence-electron chi connectivity index (χ3n) is 2.22. The molecule has 3 nitrogen and oxygen atoms in total. The Kier molecular flexibility index (Phi) is 16.4. The van der Waals surface area contributed by atoms with Crippen molar-refractivity contribution in [2.24, 2.45) is 0 Å². The van der Waals surface area contributed by atoms with E-state index in [0.717, 1.165) is 5.82 Å². The maximum atomic E-state index is 4.03. The van der Waals surface area contributed by atoms with Crippen molar-refractivity contribution in [3.8, 4) is 0 Å². The van der Waals surface area contributed by atoms with Crippen LogP contribution in [0, 0.1) is 48.3 Å². The third-order valence-corrected chi connectivity index (χ3v) is 2.22. The van der Waals surface area contributed by atoms with Crippen LogP contribution < -0.4 is 58.2 Å². The second-order valence-electron chi connectivity index (χ2n) is 2.96. The molecule has 0 aromatic carbocycles. The fourth-order valence-electron chi connectivity index (χ4n) is 1.57. The van der Waals surface area contributed by atoms with Crippen molar-refractivity contribution < 1.29 is 93.8 Å². The normalized spacial score (nSPS) is 15.3. The molecule has 1 aromatic heterocycles. The third kappa shape index (κ3) is 7.22. The van der Waals surface area contributed by atoms with Crippen LogP contribution in [0.2, 0.25) is 0 Å². The van der Waals surface area contributed by atoms with E-state index < -0.39 is 0 Å². The number of aromatic nitrogens is 3. The van der Waals surface area contributed by atoms with Crippen LogP contribution in [-0.4, -0.2) is 15.2 Å². The summed E-state index contributed by atoms with van der Waals surface area (Å²) in [6, 6.07) is 0. The fraction of sp³-hybridized carbons (Fsp3) is 0.700. The molecule has 1 saturated carbocycles. The molecule has 1 aliphatic carbocycles. The predicted molar refractivity (Wildman–Crippen MR) is 52.1 cm³/mol. The van der Waals surface area contributed by atoms with Crippen LogP contribution in [0.1, 0.15) is 51.3 Å². The Labute approximate surface area is 169 Å². The minimum Gasteiger partial charge on any atom is -0.418 e. The van der Waals surface area contributed by atoms with Gasteiger partial charge in [0.15, 0.2) is 0 Å². The monoisotopic (exact) mass is 403 g/mol. The molecular formula is C10H17LaN3Rb-. The van der Waals surface area contributed by atoms with Crippen molar-refractivity contribution in [3.05, 3.63) is 18.6 Å². The van der Waals surface area contributed by atoms with Crippen molar-refractivity contribution in [1.29, 1.82) is 0 Å². The zero-order valence-electron chi connectivity index (χ0n) is 9.95. The predicted octanol–water partition coefficient (Wildman–Crippen LogP) is -0.503. The van der Waals surface area contributed by atoms with Gasteiger partial charge in [0.05, 0.1) is 0 Å². The Bertz CT molecular complexity index is 210. The van der Waals surface area contributed by atoms with Crippen LogP contribution in [0.15, 0.2) is 0 Å². The van der Waals surface area contributed by atoms with Crippen molar-refractivity contribution in [2.75, 3.05) is 0 Å². The summed E-state index contributed by atoms with van der Waals surface area (Å²) in [6.07, 6.45) is 9.76. The summed E-state index contributed by atoms with van der Waals surface area (Å²) in [5.41, 5.74) is 0. The van der Waals surface area contributed by atoms with Gasteiger partial charge in [0.1, 0.15) is 0 Å². The van der Waals surface area contributed by atoms with E-state index in [4.69, 9.17) is 0 Å². The van der Waals surface area contributed by atoms with Gasteiger partial charge in [-0.25, -0.2) is 0 Å². The Hall–Kier alpha value is 2.14. The van der Waals surface area contributed by atoms with E-state index in [2.05, 4.69) is 27.9 Å². The average Bonchev–Trinajstić information content (AvgIpc) is 2.75. The van der Waals surface area contributed by atoms with Crippen LogP contribution in [0.25, 0.3) is 0 Å². The van der Waals surface area contributed by atoms with Crippen LogP contribution in [-0.2, 0) is 0 Å². The van der Waals surface area contributed by atoms with Crippen molar-refractivity contribution >= 4 is 0 Å². The number of rotatable bonds is 1. The first-order valence-electron chi connectivity index (χ1n) is 5.07. The summed E-state index contributed by atoms with van der Waals surface area (Å²) in [5, 5.41) is 6.60. The number of hydrogen-bond donors (Lipinski definition) is 1. The summed E-state index contributed by atoms with van der Waals surface area (Å²) >= 11 is 0. The minimum absolute atomic E-state index is 0. The molecule has 15 heavy (non-hydrogen) atoms. The first-order valence-corrected chi connectivity index (χ1v) is 5.07. The topological polar surface area (TPSA) is 41.6 Å². The van der Waals surface area contributed by atoms with Crippen molar-refractivity contribution in [3.63, 3.8) is 0 Å². The first kappa shape index (κ1) is 19.5. The van der Waals surface area contributed by atoms with Gasteiger partial charge in [-0.2, -0.15) is 12.8 Å². The number of aromatic amines is 1. The summed E-state index contributed by atoms with van der Waals surface area (Å²) < 4.78 is 0. The second-order valence-corrected chi connectivity index (χ2v) is 2.96. The molecule has 5 heteroatoms. The standard InChI is InChI=1S/C8H11N3.C2H6.La.Rb/c1-2-4-7(5-3-1)8-9-6-10-11-8;1-2;;/h1,7H,2-5H2,(H,9,10,11);1-2H3;;/q-2;;;+1.